The minimum absolute atomic E-state index is 0.137. The summed E-state index contributed by atoms with van der Waals surface area (Å²) in [5.41, 5.74) is 7.63. The van der Waals surface area contributed by atoms with Gasteiger partial charge in [-0.1, -0.05) is 30.7 Å². The Balaban J connectivity index is 2.91. The van der Waals surface area contributed by atoms with Gasteiger partial charge in [0.1, 0.15) is 0 Å². The van der Waals surface area contributed by atoms with Crippen molar-refractivity contribution in [2.75, 3.05) is 19.1 Å². The third kappa shape index (κ3) is 4.96. The highest BCUT2D eigenvalue weighted by atomic mass is 35.5. The fraction of sp³-hybridized carbons (Fsp3) is 0.625. The van der Waals surface area contributed by atoms with Gasteiger partial charge in [-0.15, -0.1) is 0 Å². The molecule has 1 rings (SSSR count). The highest BCUT2D eigenvalue weighted by Crippen LogP contribution is 2.27. The van der Waals surface area contributed by atoms with Crippen molar-refractivity contribution >= 4 is 23.4 Å². The maximum atomic E-state index is 6.37. The van der Waals surface area contributed by atoms with E-state index in [1.54, 1.807) is 0 Å². The van der Waals surface area contributed by atoms with E-state index < -0.39 is 0 Å². The first-order valence-electron chi connectivity index (χ1n) is 7.23. The Morgan fingerprint density at radius 1 is 1.30 bits per heavy atom. The molecule has 0 radical (unpaired) electrons. The van der Waals surface area contributed by atoms with Crippen LogP contribution in [0.2, 0.25) is 5.02 Å². The number of likely N-dealkylation sites (N-methyl/N-ethyl adjacent to an activating group) is 1. The van der Waals surface area contributed by atoms with Gasteiger partial charge in [-0.3, -0.25) is 4.90 Å². The molecular formula is C16H27ClN2S. The van der Waals surface area contributed by atoms with Crippen LogP contribution in [0, 0.1) is 0 Å². The van der Waals surface area contributed by atoms with Crippen molar-refractivity contribution in [3.8, 4) is 0 Å². The number of nitrogens with two attached hydrogens (primary N) is 1. The Morgan fingerprint density at radius 2 is 1.90 bits per heavy atom. The van der Waals surface area contributed by atoms with Crippen molar-refractivity contribution in [2.24, 2.45) is 5.73 Å². The van der Waals surface area contributed by atoms with Crippen molar-refractivity contribution in [2.45, 2.75) is 44.8 Å². The fourth-order valence-electron chi connectivity index (χ4n) is 2.43. The van der Waals surface area contributed by atoms with E-state index in [0.717, 1.165) is 11.4 Å². The lowest BCUT2D eigenvalue weighted by Gasteiger charge is -2.37. The van der Waals surface area contributed by atoms with Crippen molar-refractivity contribution in [1.29, 1.82) is 0 Å². The molecule has 1 aromatic carbocycles. The van der Waals surface area contributed by atoms with Crippen LogP contribution in [0.4, 0.5) is 0 Å². The van der Waals surface area contributed by atoms with Crippen LogP contribution >= 0.6 is 23.4 Å². The summed E-state index contributed by atoms with van der Waals surface area (Å²) in [4.78, 5) is 2.41. The number of rotatable bonds is 8. The lowest BCUT2D eigenvalue weighted by molar-refractivity contribution is 0.155. The van der Waals surface area contributed by atoms with E-state index in [9.17, 15) is 0 Å². The van der Waals surface area contributed by atoms with Crippen LogP contribution in [0.25, 0.3) is 0 Å². The van der Waals surface area contributed by atoms with Crippen LogP contribution in [-0.4, -0.2) is 36.0 Å². The quantitative estimate of drug-likeness (QED) is 0.780. The first kappa shape index (κ1) is 17.8. The molecule has 20 heavy (non-hydrogen) atoms. The van der Waals surface area contributed by atoms with Gasteiger partial charge >= 0.3 is 0 Å². The molecule has 2 N–H and O–H groups in total. The first-order chi connectivity index (χ1) is 9.51. The van der Waals surface area contributed by atoms with E-state index in [0.29, 0.717) is 6.04 Å². The highest BCUT2D eigenvalue weighted by molar-refractivity contribution is 7.98. The minimum Gasteiger partial charge on any atom is -0.326 e. The molecule has 0 aliphatic heterocycles. The first-order valence-corrected chi connectivity index (χ1v) is 9.00. The Morgan fingerprint density at radius 3 is 2.40 bits per heavy atom. The average Bonchev–Trinajstić information content (AvgIpc) is 2.46. The number of hydrogen-bond donors (Lipinski definition) is 1. The Labute approximate surface area is 133 Å². The summed E-state index contributed by atoms with van der Waals surface area (Å²) in [6.07, 6.45) is 4.30. The van der Waals surface area contributed by atoms with E-state index in [2.05, 4.69) is 44.2 Å². The molecule has 3 atom stereocenters. The highest BCUT2D eigenvalue weighted by Gasteiger charge is 2.26. The molecule has 3 unspecified atom stereocenters. The minimum atomic E-state index is 0.137. The fourth-order valence-corrected chi connectivity index (χ4v) is 3.14. The van der Waals surface area contributed by atoms with E-state index in [1.807, 2.05) is 23.9 Å². The molecule has 4 heteroatoms. The number of thioether (sulfide) groups is 1. The third-order valence-corrected chi connectivity index (χ3v) is 4.86. The summed E-state index contributed by atoms with van der Waals surface area (Å²) in [6, 6.07) is 8.99. The molecule has 0 spiro atoms. The molecule has 1 aromatic rings. The van der Waals surface area contributed by atoms with Crippen molar-refractivity contribution in [3.63, 3.8) is 0 Å². The zero-order chi connectivity index (χ0) is 15.1. The van der Waals surface area contributed by atoms with Gasteiger partial charge < -0.3 is 5.73 Å². The maximum absolute atomic E-state index is 6.37. The van der Waals surface area contributed by atoms with E-state index in [4.69, 9.17) is 17.3 Å². The third-order valence-electron chi connectivity index (χ3n) is 3.96. The molecule has 0 aromatic heterocycles. The second-order valence-electron chi connectivity index (χ2n) is 5.36. The maximum Gasteiger partial charge on any atom is 0.0498 e. The molecule has 114 valence electrons. The summed E-state index contributed by atoms with van der Waals surface area (Å²) in [5.74, 6) is 1.18. The van der Waals surface area contributed by atoms with E-state index >= 15 is 0 Å². The van der Waals surface area contributed by atoms with Gasteiger partial charge in [-0.25, -0.2) is 0 Å². The molecule has 0 fully saturated rings. The Hall–Kier alpha value is -0.220. The van der Waals surface area contributed by atoms with Gasteiger partial charge in [0.15, 0.2) is 0 Å². The van der Waals surface area contributed by atoms with Crippen molar-refractivity contribution in [3.05, 3.63) is 34.9 Å². The molecule has 0 bridgehead atoms. The number of halogens is 1. The molecular weight excluding hydrogens is 288 g/mol. The number of nitrogens with zero attached hydrogens (tertiary/aromatic N) is 1. The summed E-state index contributed by atoms with van der Waals surface area (Å²) in [5, 5.41) is 0.774. The lowest BCUT2D eigenvalue weighted by atomic mass is 9.95. The smallest absolute Gasteiger partial charge is 0.0498 e. The van der Waals surface area contributed by atoms with Gasteiger partial charge in [-0.05, 0) is 56.5 Å². The second kappa shape index (κ2) is 8.93. The predicted molar refractivity (Wildman–Crippen MR) is 92.7 cm³/mol. The van der Waals surface area contributed by atoms with Crippen molar-refractivity contribution in [1.82, 2.24) is 4.90 Å². The van der Waals surface area contributed by atoms with Crippen LogP contribution < -0.4 is 5.73 Å². The molecule has 2 nitrogen and oxygen atoms in total. The molecule has 0 aliphatic rings. The summed E-state index contributed by atoms with van der Waals surface area (Å²) >= 11 is 7.89. The Kier molecular flexibility index (Phi) is 7.96. The molecule has 0 heterocycles. The molecule has 0 saturated heterocycles. The summed E-state index contributed by atoms with van der Waals surface area (Å²) in [7, 11) is 2.18. The largest absolute Gasteiger partial charge is 0.326 e. The lowest BCUT2D eigenvalue weighted by Crippen LogP contribution is -2.43. The monoisotopic (exact) mass is 314 g/mol. The van der Waals surface area contributed by atoms with Crippen LogP contribution in [0.1, 0.15) is 38.3 Å². The predicted octanol–water partition coefficient (Wildman–Crippen LogP) is 4.19. The van der Waals surface area contributed by atoms with Crippen LogP contribution in [0.3, 0.4) is 0 Å². The van der Waals surface area contributed by atoms with Gasteiger partial charge in [0.2, 0.25) is 0 Å². The normalized spacial score (nSPS) is 16.1. The number of hydrogen-bond acceptors (Lipinski definition) is 3. The average molecular weight is 315 g/mol. The van der Waals surface area contributed by atoms with Crippen LogP contribution in [0.5, 0.6) is 0 Å². The van der Waals surface area contributed by atoms with Crippen LogP contribution in [0.15, 0.2) is 24.3 Å². The van der Waals surface area contributed by atoms with Gasteiger partial charge in [0.25, 0.3) is 0 Å². The summed E-state index contributed by atoms with van der Waals surface area (Å²) in [6.45, 7) is 4.43. The van der Waals surface area contributed by atoms with E-state index in [1.165, 1.54) is 17.7 Å². The van der Waals surface area contributed by atoms with Gasteiger partial charge in [0, 0.05) is 23.1 Å². The second-order valence-corrected chi connectivity index (χ2v) is 6.79. The zero-order valence-corrected chi connectivity index (χ0v) is 14.5. The van der Waals surface area contributed by atoms with Crippen molar-refractivity contribution < 1.29 is 0 Å². The standard InChI is InChI=1S/C16H27ClN2S/c1-5-15(18)16(13-6-8-14(17)9-7-13)19(3)12(2)10-11-20-4/h6-9,12,15-16H,5,10-11,18H2,1-4H3. The molecule has 0 saturated carbocycles. The Bertz CT molecular complexity index is 383. The van der Waals surface area contributed by atoms with Gasteiger partial charge in [0.05, 0.1) is 0 Å². The zero-order valence-electron chi connectivity index (χ0n) is 13.0. The van der Waals surface area contributed by atoms with Crippen LogP contribution in [-0.2, 0) is 0 Å². The van der Waals surface area contributed by atoms with E-state index in [-0.39, 0.29) is 12.1 Å². The van der Waals surface area contributed by atoms with Gasteiger partial charge in [-0.2, -0.15) is 11.8 Å². The number of benzene rings is 1. The topological polar surface area (TPSA) is 29.3 Å². The molecule has 0 aliphatic carbocycles. The SMILES string of the molecule is CCC(N)C(c1ccc(Cl)cc1)N(C)C(C)CCSC. The summed E-state index contributed by atoms with van der Waals surface area (Å²) < 4.78 is 0. The molecule has 0 amide bonds.